The summed E-state index contributed by atoms with van der Waals surface area (Å²) in [7, 11) is 0. The molecule has 0 saturated heterocycles. The van der Waals surface area contributed by atoms with E-state index >= 15 is 0 Å². The third kappa shape index (κ3) is 6.80. The summed E-state index contributed by atoms with van der Waals surface area (Å²) in [5.41, 5.74) is -0.0265. The second kappa shape index (κ2) is 11.1. The molecule has 0 heterocycles. The molecule has 0 aromatic carbocycles. The molecule has 1 heteroatoms. The lowest BCUT2D eigenvalue weighted by Gasteiger charge is -2.36. The van der Waals surface area contributed by atoms with E-state index in [1.54, 1.807) is 0 Å². The standard InChI is InChI=1S/C24H41N/c1-3-5-7-8-21-9-11-22(12-10-21)13-14-23-15-18-24(20-25,19-16-23)17-6-4-2/h4,21-23H,2-3,5-19H2,1H3. The lowest BCUT2D eigenvalue weighted by Crippen LogP contribution is -2.26. The summed E-state index contributed by atoms with van der Waals surface area (Å²) in [6.45, 7) is 6.13. The van der Waals surface area contributed by atoms with Crippen LogP contribution in [0.5, 0.6) is 0 Å². The van der Waals surface area contributed by atoms with Crippen LogP contribution in [0.2, 0.25) is 0 Å². The lowest BCUT2D eigenvalue weighted by atomic mass is 9.67. The van der Waals surface area contributed by atoms with Crippen LogP contribution in [0.15, 0.2) is 12.7 Å². The Bertz CT molecular complexity index is 402. The van der Waals surface area contributed by atoms with E-state index in [-0.39, 0.29) is 5.41 Å². The van der Waals surface area contributed by atoms with Crippen molar-refractivity contribution in [2.24, 2.45) is 23.2 Å². The largest absolute Gasteiger partial charge is 0.198 e. The molecule has 0 aliphatic heterocycles. The van der Waals surface area contributed by atoms with Gasteiger partial charge in [-0.25, -0.2) is 0 Å². The molecule has 0 amide bonds. The van der Waals surface area contributed by atoms with E-state index in [4.69, 9.17) is 0 Å². The maximum Gasteiger partial charge on any atom is 0.0689 e. The van der Waals surface area contributed by atoms with Gasteiger partial charge in [-0.2, -0.15) is 5.26 Å². The van der Waals surface area contributed by atoms with Gasteiger partial charge in [0.1, 0.15) is 0 Å². The SMILES string of the molecule is C=CCCC1(C#N)CCC(CCC2CCC(CCCCC)CC2)CC1. The topological polar surface area (TPSA) is 23.8 Å². The molecule has 142 valence electrons. The quantitative estimate of drug-likeness (QED) is 0.293. The van der Waals surface area contributed by atoms with Crippen molar-refractivity contribution < 1.29 is 0 Å². The van der Waals surface area contributed by atoms with E-state index in [1.165, 1.54) is 77.0 Å². The molecular formula is C24H41N. The van der Waals surface area contributed by atoms with Gasteiger partial charge in [-0.15, -0.1) is 6.58 Å². The van der Waals surface area contributed by atoms with Crippen LogP contribution in [0.25, 0.3) is 0 Å². The van der Waals surface area contributed by atoms with Crippen LogP contribution in [0, 0.1) is 34.5 Å². The van der Waals surface area contributed by atoms with Crippen LogP contribution in [0.3, 0.4) is 0 Å². The highest BCUT2D eigenvalue weighted by Gasteiger charge is 2.34. The van der Waals surface area contributed by atoms with Crippen molar-refractivity contribution in [2.75, 3.05) is 0 Å². The van der Waals surface area contributed by atoms with Crippen LogP contribution in [-0.2, 0) is 0 Å². The zero-order valence-electron chi connectivity index (χ0n) is 16.8. The highest BCUT2D eigenvalue weighted by Crippen LogP contribution is 2.44. The molecule has 0 aromatic rings. The number of nitriles is 1. The van der Waals surface area contributed by atoms with Crippen molar-refractivity contribution in [3.05, 3.63) is 12.7 Å². The Morgan fingerprint density at radius 2 is 1.48 bits per heavy atom. The molecule has 0 spiro atoms. The predicted molar refractivity (Wildman–Crippen MR) is 108 cm³/mol. The third-order valence-electron chi connectivity index (χ3n) is 7.29. The second-order valence-corrected chi connectivity index (χ2v) is 9.12. The average Bonchev–Trinajstić information content (AvgIpc) is 2.67. The summed E-state index contributed by atoms with van der Waals surface area (Å²) in [6.07, 6.45) is 23.4. The molecule has 0 radical (unpaired) electrons. The Balaban J connectivity index is 1.60. The van der Waals surface area contributed by atoms with Crippen molar-refractivity contribution in [3.8, 4) is 6.07 Å². The maximum atomic E-state index is 9.61. The minimum absolute atomic E-state index is 0.0265. The monoisotopic (exact) mass is 343 g/mol. The van der Waals surface area contributed by atoms with E-state index in [0.29, 0.717) is 0 Å². The van der Waals surface area contributed by atoms with E-state index in [0.717, 1.165) is 43.4 Å². The van der Waals surface area contributed by atoms with Gasteiger partial charge in [-0.1, -0.05) is 77.2 Å². The average molecular weight is 344 g/mol. The van der Waals surface area contributed by atoms with Crippen molar-refractivity contribution in [1.82, 2.24) is 0 Å². The number of hydrogen-bond donors (Lipinski definition) is 0. The minimum atomic E-state index is -0.0265. The molecule has 2 aliphatic carbocycles. The Kier molecular flexibility index (Phi) is 9.08. The molecule has 2 aliphatic rings. The summed E-state index contributed by atoms with van der Waals surface area (Å²) in [4.78, 5) is 0. The van der Waals surface area contributed by atoms with Gasteiger partial charge < -0.3 is 0 Å². The summed E-state index contributed by atoms with van der Waals surface area (Å²) < 4.78 is 0. The van der Waals surface area contributed by atoms with Gasteiger partial charge in [0.25, 0.3) is 0 Å². The zero-order valence-corrected chi connectivity index (χ0v) is 16.8. The maximum absolute atomic E-state index is 9.61. The van der Waals surface area contributed by atoms with E-state index < -0.39 is 0 Å². The van der Waals surface area contributed by atoms with Crippen molar-refractivity contribution in [1.29, 1.82) is 5.26 Å². The molecule has 0 aromatic heterocycles. The van der Waals surface area contributed by atoms with Crippen molar-refractivity contribution in [2.45, 2.75) is 110 Å². The fraction of sp³-hybridized carbons (Fsp3) is 0.875. The molecule has 1 nitrogen and oxygen atoms in total. The van der Waals surface area contributed by atoms with Gasteiger partial charge in [-0.05, 0) is 56.3 Å². The summed E-state index contributed by atoms with van der Waals surface area (Å²) in [5, 5.41) is 9.61. The normalized spacial score (nSPS) is 32.9. The third-order valence-corrected chi connectivity index (χ3v) is 7.29. The first kappa shape index (κ1) is 20.5. The fourth-order valence-electron chi connectivity index (χ4n) is 5.28. The highest BCUT2D eigenvalue weighted by atomic mass is 14.4. The molecule has 0 N–H and O–H groups in total. The van der Waals surface area contributed by atoms with Crippen LogP contribution < -0.4 is 0 Å². The Labute approximate surface area is 157 Å². The first-order chi connectivity index (χ1) is 12.2. The fourth-order valence-corrected chi connectivity index (χ4v) is 5.28. The van der Waals surface area contributed by atoms with Gasteiger partial charge in [0.2, 0.25) is 0 Å². The van der Waals surface area contributed by atoms with Crippen molar-refractivity contribution >= 4 is 0 Å². The summed E-state index contributed by atoms with van der Waals surface area (Å²) in [6, 6.07) is 2.66. The molecular weight excluding hydrogens is 302 g/mol. The first-order valence-corrected chi connectivity index (χ1v) is 11.2. The Hall–Kier alpha value is -0.770. The van der Waals surface area contributed by atoms with Gasteiger partial charge in [0.05, 0.1) is 11.5 Å². The number of allylic oxidation sites excluding steroid dienone is 1. The van der Waals surface area contributed by atoms with E-state index in [9.17, 15) is 5.26 Å². The Morgan fingerprint density at radius 1 is 0.920 bits per heavy atom. The first-order valence-electron chi connectivity index (χ1n) is 11.2. The zero-order chi connectivity index (χ0) is 18.0. The van der Waals surface area contributed by atoms with Gasteiger partial charge in [0, 0.05) is 0 Å². The molecule has 0 bridgehead atoms. The number of nitrogens with zero attached hydrogens (tertiary/aromatic N) is 1. The molecule has 2 rings (SSSR count). The minimum Gasteiger partial charge on any atom is -0.198 e. The highest BCUT2D eigenvalue weighted by molar-refractivity contribution is 5.02. The number of unbranched alkanes of at least 4 members (excludes halogenated alkanes) is 2. The Morgan fingerprint density at radius 3 is 2.00 bits per heavy atom. The van der Waals surface area contributed by atoms with Crippen molar-refractivity contribution in [3.63, 3.8) is 0 Å². The summed E-state index contributed by atoms with van der Waals surface area (Å²) in [5.74, 6) is 2.94. The predicted octanol–water partition coefficient (Wildman–Crippen LogP) is 7.82. The number of rotatable bonds is 10. The van der Waals surface area contributed by atoms with E-state index in [2.05, 4.69) is 19.6 Å². The van der Waals surface area contributed by atoms with Crippen LogP contribution in [-0.4, -0.2) is 0 Å². The molecule has 2 saturated carbocycles. The van der Waals surface area contributed by atoms with E-state index in [1.807, 2.05) is 6.08 Å². The van der Waals surface area contributed by atoms with Gasteiger partial charge in [-0.3, -0.25) is 0 Å². The lowest BCUT2D eigenvalue weighted by molar-refractivity contribution is 0.174. The molecule has 2 fully saturated rings. The van der Waals surface area contributed by atoms with Crippen LogP contribution in [0.1, 0.15) is 110 Å². The van der Waals surface area contributed by atoms with Gasteiger partial charge in [0.15, 0.2) is 0 Å². The molecule has 0 unspecified atom stereocenters. The van der Waals surface area contributed by atoms with Crippen LogP contribution >= 0.6 is 0 Å². The number of hydrogen-bond acceptors (Lipinski definition) is 1. The molecule has 25 heavy (non-hydrogen) atoms. The molecule has 0 atom stereocenters. The summed E-state index contributed by atoms with van der Waals surface area (Å²) >= 11 is 0. The second-order valence-electron chi connectivity index (χ2n) is 9.12. The smallest absolute Gasteiger partial charge is 0.0689 e. The van der Waals surface area contributed by atoms with Crippen LogP contribution in [0.4, 0.5) is 0 Å². The van der Waals surface area contributed by atoms with Gasteiger partial charge >= 0.3 is 0 Å².